The Bertz CT molecular complexity index is 730. The predicted molar refractivity (Wildman–Crippen MR) is 98.8 cm³/mol. The van der Waals surface area contributed by atoms with Gasteiger partial charge in [-0.3, -0.25) is 6.08 Å². The average molecular weight is 456 g/mol. The molecule has 0 amide bonds. The van der Waals surface area contributed by atoms with Gasteiger partial charge in [0.15, 0.2) is 0 Å². The fourth-order valence-corrected chi connectivity index (χ4v) is 3.84. The van der Waals surface area contributed by atoms with Gasteiger partial charge in [0.25, 0.3) is 0 Å². The Morgan fingerprint density at radius 1 is 0.667 bits per heavy atom. The number of hydrogen-bond donors (Lipinski definition) is 0. The SMILES string of the molecule is CC1=C(C(c2cc(C)cc(C)c2)c2cc(C)cc(C)c2)CC=[C-]1.[Cl-].[Cl-].[Cl-].[Ti+4]. The minimum atomic E-state index is 0. The summed E-state index contributed by atoms with van der Waals surface area (Å²) in [6, 6.07) is 13.9. The quantitative estimate of drug-likeness (QED) is 0.345. The van der Waals surface area contributed by atoms with Gasteiger partial charge in [-0.15, -0.1) is 0 Å². The Morgan fingerprint density at radius 3 is 1.33 bits per heavy atom. The van der Waals surface area contributed by atoms with Gasteiger partial charge in [0.1, 0.15) is 0 Å². The number of halogens is 3. The summed E-state index contributed by atoms with van der Waals surface area (Å²) in [5.41, 5.74) is 10.9. The third kappa shape index (κ3) is 6.80. The van der Waals surface area contributed by atoms with Crippen molar-refractivity contribution in [3.8, 4) is 0 Å². The van der Waals surface area contributed by atoms with Crippen LogP contribution in [0.4, 0.5) is 0 Å². The fraction of sp³-hybridized carbons (Fsp3) is 0.304. The molecule has 0 saturated carbocycles. The van der Waals surface area contributed by atoms with Gasteiger partial charge in [0.05, 0.1) is 0 Å². The van der Waals surface area contributed by atoms with E-state index in [0.717, 1.165) is 6.42 Å². The summed E-state index contributed by atoms with van der Waals surface area (Å²) in [6.07, 6.45) is 6.58. The van der Waals surface area contributed by atoms with Gasteiger partial charge in [-0.2, -0.15) is 11.6 Å². The van der Waals surface area contributed by atoms with Crippen molar-refractivity contribution in [2.45, 2.75) is 47.0 Å². The second kappa shape index (κ2) is 12.1. The van der Waals surface area contributed by atoms with Crippen LogP contribution in [0.15, 0.2) is 53.6 Å². The Kier molecular flexibility index (Phi) is 12.9. The molecular weight excluding hydrogens is 430 g/mol. The molecule has 0 fully saturated rings. The predicted octanol–water partition coefficient (Wildman–Crippen LogP) is -2.86. The van der Waals surface area contributed by atoms with E-state index in [0.29, 0.717) is 5.92 Å². The van der Waals surface area contributed by atoms with Crippen LogP contribution < -0.4 is 37.2 Å². The third-order valence-corrected chi connectivity index (χ3v) is 4.63. The Labute approximate surface area is 198 Å². The number of allylic oxidation sites excluding steroid dienone is 4. The molecule has 0 aliphatic heterocycles. The van der Waals surface area contributed by atoms with Crippen LogP contribution in [-0.2, 0) is 21.7 Å². The van der Waals surface area contributed by atoms with Crippen molar-refractivity contribution in [1.29, 1.82) is 0 Å². The first-order valence-corrected chi connectivity index (χ1v) is 8.38. The molecule has 0 nitrogen and oxygen atoms in total. The number of aryl methyl sites for hydroxylation is 4. The van der Waals surface area contributed by atoms with Crippen LogP contribution in [0.5, 0.6) is 0 Å². The molecule has 0 saturated heterocycles. The summed E-state index contributed by atoms with van der Waals surface area (Å²) in [5, 5.41) is 0. The van der Waals surface area contributed by atoms with E-state index in [9.17, 15) is 0 Å². The first-order valence-electron chi connectivity index (χ1n) is 8.38. The molecule has 2 aromatic rings. The smallest absolute Gasteiger partial charge is 1.00 e. The van der Waals surface area contributed by atoms with E-state index in [1.165, 1.54) is 44.5 Å². The first-order chi connectivity index (χ1) is 10.9. The second-order valence-electron chi connectivity index (χ2n) is 6.98. The van der Waals surface area contributed by atoms with Gasteiger partial charge in [-0.1, -0.05) is 83.1 Å². The maximum atomic E-state index is 3.40. The van der Waals surface area contributed by atoms with Crippen LogP contribution in [0.2, 0.25) is 0 Å². The molecule has 0 aromatic heterocycles. The molecule has 1 aliphatic rings. The number of hydrogen-bond acceptors (Lipinski definition) is 0. The summed E-state index contributed by atoms with van der Waals surface area (Å²) in [5.74, 6) is 0.332. The van der Waals surface area contributed by atoms with Crippen molar-refractivity contribution in [3.63, 3.8) is 0 Å². The Morgan fingerprint density at radius 2 is 1.04 bits per heavy atom. The Balaban J connectivity index is 0. The molecule has 1 aliphatic carbocycles. The van der Waals surface area contributed by atoms with E-state index in [2.05, 4.69) is 83.2 Å². The molecule has 0 radical (unpaired) electrons. The first kappa shape index (κ1) is 28.7. The van der Waals surface area contributed by atoms with E-state index in [-0.39, 0.29) is 58.9 Å². The van der Waals surface area contributed by atoms with Crippen LogP contribution in [0, 0.1) is 33.8 Å². The molecule has 0 N–H and O–H groups in total. The van der Waals surface area contributed by atoms with E-state index in [1.54, 1.807) is 0 Å². The van der Waals surface area contributed by atoms with Crippen molar-refractivity contribution in [1.82, 2.24) is 0 Å². The van der Waals surface area contributed by atoms with Crippen LogP contribution in [-0.4, -0.2) is 0 Å². The normalized spacial score (nSPS) is 12.1. The van der Waals surface area contributed by atoms with Gasteiger partial charge >= 0.3 is 21.7 Å². The van der Waals surface area contributed by atoms with Gasteiger partial charge < -0.3 is 37.2 Å². The molecule has 0 unspecified atom stereocenters. The zero-order chi connectivity index (χ0) is 16.6. The molecule has 4 heteroatoms. The van der Waals surface area contributed by atoms with Gasteiger partial charge in [0.2, 0.25) is 0 Å². The zero-order valence-corrected chi connectivity index (χ0v) is 20.3. The van der Waals surface area contributed by atoms with Gasteiger partial charge in [-0.05, 0) is 33.6 Å². The summed E-state index contributed by atoms with van der Waals surface area (Å²) in [6.45, 7) is 11.0. The summed E-state index contributed by atoms with van der Waals surface area (Å²) >= 11 is 0. The van der Waals surface area contributed by atoms with Gasteiger partial charge in [-0.25, -0.2) is 5.57 Å². The molecule has 0 heterocycles. The maximum absolute atomic E-state index is 3.40. The molecular formula is C23H25Cl3Ti. The molecule has 2 aromatic carbocycles. The van der Waals surface area contributed by atoms with Crippen molar-refractivity contribution >= 4 is 0 Å². The van der Waals surface area contributed by atoms with E-state index in [1.807, 2.05) is 0 Å². The van der Waals surface area contributed by atoms with Crippen LogP contribution in [0.3, 0.4) is 0 Å². The fourth-order valence-electron chi connectivity index (χ4n) is 3.84. The van der Waals surface area contributed by atoms with Crippen molar-refractivity contribution < 1.29 is 58.9 Å². The van der Waals surface area contributed by atoms with Crippen molar-refractivity contribution in [3.05, 3.63) is 93.1 Å². The summed E-state index contributed by atoms with van der Waals surface area (Å²) < 4.78 is 0. The molecule has 27 heavy (non-hydrogen) atoms. The monoisotopic (exact) mass is 454 g/mol. The average Bonchev–Trinajstić information content (AvgIpc) is 2.83. The molecule has 0 spiro atoms. The standard InChI is InChI=1S/C23H25.3ClH.Ti/c1-15-9-16(2)12-20(11-15)23(22-8-6-7-19(22)5)21-13-17(3)10-18(4)14-21;;;;/h6,9-14,23H,8H2,1-5H3;3*1H;/q-1;;;;+4/p-3. The zero-order valence-electron chi connectivity index (χ0n) is 16.5. The molecule has 3 rings (SSSR count). The van der Waals surface area contributed by atoms with Crippen molar-refractivity contribution in [2.24, 2.45) is 0 Å². The van der Waals surface area contributed by atoms with Gasteiger partial charge in [0, 0.05) is 0 Å². The minimum absolute atomic E-state index is 0. The van der Waals surface area contributed by atoms with E-state index >= 15 is 0 Å². The largest absolute Gasteiger partial charge is 4.00 e. The second-order valence-corrected chi connectivity index (χ2v) is 6.98. The Hall–Kier alpha value is -0.496. The molecule has 0 bridgehead atoms. The van der Waals surface area contributed by atoms with Crippen molar-refractivity contribution in [2.75, 3.05) is 0 Å². The number of rotatable bonds is 3. The minimum Gasteiger partial charge on any atom is -1.00 e. The van der Waals surface area contributed by atoms with E-state index in [4.69, 9.17) is 0 Å². The van der Waals surface area contributed by atoms with Crippen LogP contribution in [0.1, 0.15) is 52.6 Å². The van der Waals surface area contributed by atoms with Crippen LogP contribution in [0.25, 0.3) is 0 Å². The number of benzene rings is 2. The topological polar surface area (TPSA) is 0 Å². The summed E-state index contributed by atoms with van der Waals surface area (Å²) in [7, 11) is 0. The molecule has 0 atom stereocenters. The third-order valence-electron chi connectivity index (χ3n) is 4.63. The van der Waals surface area contributed by atoms with E-state index < -0.39 is 0 Å². The maximum Gasteiger partial charge on any atom is 4.00 e. The summed E-state index contributed by atoms with van der Waals surface area (Å²) in [4.78, 5) is 0. The van der Waals surface area contributed by atoms with Crippen LogP contribution >= 0.6 is 0 Å². The molecule has 142 valence electrons.